The van der Waals surface area contributed by atoms with Crippen LogP contribution in [0.1, 0.15) is 25.5 Å². The molecular weight excluding hydrogens is 243 g/mol. The van der Waals surface area contributed by atoms with E-state index in [1.807, 2.05) is 12.1 Å². The fourth-order valence-corrected chi connectivity index (χ4v) is 3.31. The van der Waals surface area contributed by atoms with Gasteiger partial charge in [0.25, 0.3) is 0 Å². The predicted molar refractivity (Wildman–Crippen MR) is 61.8 cm³/mol. The Morgan fingerprint density at radius 2 is 2.06 bits per heavy atom. The minimum Gasteiger partial charge on any atom is -0.496 e. The molecule has 2 rings (SSSR count). The number of para-hydroxylation sites is 1. The Balaban J connectivity index is 2.43. The summed E-state index contributed by atoms with van der Waals surface area (Å²) in [5.74, 6) is 0.607. The normalized spacial score (nSPS) is 31.4. The van der Waals surface area contributed by atoms with Crippen LogP contribution in [-0.2, 0) is 13.6 Å². The Hall–Kier alpha value is -0.870. The molecule has 0 aliphatic carbocycles. The summed E-state index contributed by atoms with van der Waals surface area (Å²) in [6, 6.07) is 7.21. The second-order valence-corrected chi connectivity index (χ2v) is 5.72. The first-order valence-electron chi connectivity index (χ1n) is 5.20. The van der Waals surface area contributed by atoms with Gasteiger partial charge >= 0.3 is 7.82 Å². The van der Waals surface area contributed by atoms with E-state index < -0.39 is 19.5 Å². The van der Waals surface area contributed by atoms with Crippen molar-refractivity contribution in [1.29, 1.82) is 0 Å². The van der Waals surface area contributed by atoms with Crippen LogP contribution >= 0.6 is 7.82 Å². The van der Waals surface area contributed by atoms with Gasteiger partial charge in [0.1, 0.15) is 17.5 Å². The van der Waals surface area contributed by atoms with Gasteiger partial charge in [-0.3, -0.25) is 9.05 Å². The molecule has 17 heavy (non-hydrogen) atoms. The molecule has 0 aromatic heterocycles. The van der Waals surface area contributed by atoms with E-state index in [1.54, 1.807) is 33.1 Å². The lowest BCUT2D eigenvalue weighted by atomic mass is 9.94. The highest BCUT2D eigenvalue weighted by atomic mass is 31.2. The Morgan fingerprint density at radius 1 is 1.41 bits per heavy atom. The molecule has 1 aromatic carbocycles. The summed E-state index contributed by atoms with van der Waals surface area (Å²) < 4.78 is 26.8. The third-order valence-electron chi connectivity index (χ3n) is 2.64. The highest BCUT2D eigenvalue weighted by molar-refractivity contribution is 7.47. The molecule has 0 bridgehead atoms. The van der Waals surface area contributed by atoms with Gasteiger partial charge in [0.2, 0.25) is 0 Å². The summed E-state index contributed by atoms with van der Waals surface area (Å²) in [7, 11) is -2.43. The van der Waals surface area contributed by atoms with E-state index in [1.165, 1.54) is 0 Å². The molecule has 94 valence electrons. The Bertz CT molecular complexity index is 471. The standard InChI is InChI=1S/C11H15O5P/c1-11(2)10(15-17(12,13)16-11)8-6-4-5-7-9(8)14-3/h4-7,10H,1-3H3,(H,12,13)/t10-/m0/s1. The monoisotopic (exact) mass is 258 g/mol. The van der Waals surface area contributed by atoms with Crippen LogP contribution in [0.3, 0.4) is 0 Å². The second-order valence-electron chi connectivity index (χ2n) is 4.39. The molecule has 1 aromatic rings. The summed E-state index contributed by atoms with van der Waals surface area (Å²) in [6.45, 7) is 3.42. The van der Waals surface area contributed by atoms with Crippen molar-refractivity contribution in [3.8, 4) is 5.75 Å². The van der Waals surface area contributed by atoms with Gasteiger partial charge in [-0.2, -0.15) is 0 Å². The van der Waals surface area contributed by atoms with E-state index in [-0.39, 0.29) is 0 Å². The van der Waals surface area contributed by atoms with Crippen molar-refractivity contribution in [3.63, 3.8) is 0 Å². The minimum atomic E-state index is -3.97. The number of methoxy groups -OCH3 is 1. The van der Waals surface area contributed by atoms with Crippen LogP contribution in [-0.4, -0.2) is 17.6 Å². The number of benzene rings is 1. The Labute approximate surface area is 99.9 Å². The highest BCUT2D eigenvalue weighted by Gasteiger charge is 2.51. The SMILES string of the molecule is COc1ccccc1[C@@H]1OP(=O)(O)OC1(C)C. The maximum atomic E-state index is 11.5. The third kappa shape index (κ3) is 2.38. The van der Waals surface area contributed by atoms with Crippen LogP contribution in [0.5, 0.6) is 5.75 Å². The van der Waals surface area contributed by atoms with Gasteiger partial charge in [-0.15, -0.1) is 0 Å². The zero-order chi connectivity index (χ0) is 12.7. The van der Waals surface area contributed by atoms with E-state index >= 15 is 0 Å². The summed E-state index contributed by atoms with van der Waals surface area (Å²) in [6.07, 6.45) is -0.630. The molecule has 1 unspecified atom stereocenters. The first-order valence-corrected chi connectivity index (χ1v) is 6.70. The van der Waals surface area contributed by atoms with Crippen molar-refractivity contribution in [3.05, 3.63) is 29.8 Å². The van der Waals surface area contributed by atoms with Gasteiger partial charge in [-0.05, 0) is 19.9 Å². The van der Waals surface area contributed by atoms with Crippen molar-refractivity contribution in [2.45, 2.75) is 25.6 Å². The molecule has 0 radical (unpaired) electrons. The summed E-state index contributed by atoms with van der Waals surface area (Å²) in [5, 5.41) is 0. The molecule has 1 saturated heterocycles. The molecular formula is C11H15O5P. The first-order chi connectivity index (χ1) is 7.86. The lowest BCUT2D eigenvalue weighted by Gasteiger charge is -2.23. The van der Waals surface area contributed by atoms with Crippen LogP contribution < -0.4 is 4.74 Å². The molecule has 1 fully saturated rings. The molecule has 1 aliphatic heterocycles. The average molecular weight is 258 g/mol. The largest absolute Gasteiger partial charge is 0.496 e. The average Bonchev–Trinajstić information content (AvgIpc) is 2.46. The van der Waals surface area contributed by atoms with Crippen LogP contribution in [0, 0.1) is 0 Å². The lowest BCUT2D eigenvalue weighted by Crippen LogP contribution is -2.26. The Kier molecular flexibility index (Phi) is 3.04. The molecule has 6 heteroatoms. The minimum absolute atomic E-state index is 0.607. The highest BCUT2D eigenvalue weighted by Crippen LogP contribution is 2.62. The molecule has 0 amide bonds. The Morgan fingerprint density at radius 3 is 2.59 bits per heavy atom. The zero-order valence-corrected chi connectivity index (χ0v) is 10.8. The fraction of sp³-hybridized carbons (Fsp3) is 0.455. The van der Waals surface area contributed by atoms with E-state index in [9.17, 15) is 9.46 Å². The van der Waals surface area contributed by atoms with E-state index in [0.29, 0.717) is 11.3 Å². The van der Waals surface area contributed by atoms with E-state index in [4.69, 9.17) is 13.8 Å². The van der Waals surface area contributed by atoms with Crippen molar-refractivity contribution >= 4 is 7.82 Å². The van der Waals surface area contributed by atoms with Crippen molar-refractivity contribution in [2.75, 3.05) is 7.11 Å². The molecule has 2 atom stereocenters. The topological polar surface area (TPSA) is 65.0 Å². The van der Waals surface area contributed by atoms with Crippen LogP contribution in [0.15, 0.2) is 24.3 Å². The van der Waals surface area contributed by atoms with Gasteiger partial charge in [0.15, 0.2) is 0 Å². The number of hydrogen-bond acceptors (Lipinski definition) is 4. The summed E-state index contributed by atoms with van der Waals surface area (Å²) in [5.41, 5.74) is -0.175. The van der Waals surface area contributed by atoms with Crippen molar-refractivity contribution < 1.29 is 23.2 Å². The quantitative estimate of drug-likeness (QED) is 0.826. The van der Waals surface area contributed by atoms with Gasteiger partial charge in [-0.25, -0.2) is 4.57 Å². The van der Waals surface area contributed by atoms with E-state index in [0.717, 1.165) is 0 Å². The number of hydrogen-bond donors (Lipinski definition) is 1. The predicted octanol–water partition coefficient (Wildman–Crippen LogP) is 2.66. The summed E-state index contributed by atoms with van der Waals surface area (Å²) >= 11 is 0. The van der Waals surface area contributed by atoms with Gasteiger partial charge in [0.05, 0.1) is 7.11 Å². The lowest BCUT2D eigenvalue weighted by molar-refractivity contribution is 0.0703. The zero-order valence-electron chi connectivity index (χ0n) is 9.91. The van der Waals surface area contributed by atoms with Gasteiger partial charge in [0, 0.05) is 5.56 Å². The number of phosphoric ester groups is 1. The third-order valence-corrected chi connectivity index (χ3v) is 3.82. The van der Waals surface area contributed by atoms with Crippen molar-refractivity contribution in [2.24, 2.45) is 0 Å². The molecule has 1 N–H and O–H groups in total. The molecule has 1 heterocycles. The smallest absolute Gasteiger partial charge is 0.473 e. The molecule has 5 nitrogen and oxygen atoms in total. The van der Waals surface area contributed by atoms with Crippen LogP contribution in [0.2, 0.25) is 0 Å². The summed E-state index contributed by atoms with van der Waals surface area (Å²) in [4.78, 5) is 9.40. The van der Waals surface area contributed by atoms with Gasteiger partial charge < -0.3 is 9.63 Å². The van der Waals surface area contributed by atoms with Crippen LogP contribution in [0.4, 0.5) is 0 Å². The van der Waals surface area contributed by atoms with Crippen LogP contribution in [0.25, 0.3) is 0 Å². The number of phosphoric acid groups is 1. The maximum absolute atomic E-state index is 11.5. The van der Waals surface area contributed by atoms with Crippen molar-refractivity contribution in [1.82, 2.24) is 0 Å². The number of rotatable bonds is 2. The second kappa shape index (κ2) is 4.10. The molecule has 1 aliphatic rings. The first kappa shape index (κ1) is 12.6. The number of ether oxygens (including phenoxy) is 1. The van der Waals surface area contributed by atoms with Gasteiger partial charge in [-0.1, -0.05) is 18.2 Å². The fourth-order valence-electron chi connectivity index (χ4n) is 1.94. The molecule has 0 saturated carbocycles. The van der Waals surface area contributed by atoms with E-state index in [2.05, 4.69) is 0 Å². The molecule has 0 spiro atoms. The maximum Gasteiger partial charge on any atom is 0.473 e.